The van der Waals surface area contributed by atoms with Crippen molar-refractivity contribution in [3.8, 4) is 0 Å². The maximum absolute atomic E-state index is 12.9. The standard InChI is InChI=1S/C14H12FN/c1-11-5-7-12(8-6-11)10-16-14-4-2-3-13(15)9-14/h2-10H,1H3. The molecule has 0 heterocycles. The van der Waals surface area contributed by atoms with Gasteiger partial charge in [-0.1, -0.05) is 35.9 Å². The lowest BCUT2D eigenvalue weighted by Gasteiger charge is -1.95. The van der Waals surface area contributed by atoms with E-state index in [1.54, 1.807) is 18.3 Å². The SMILES string of the molecule is Cc1ccc(C=Nc2cccc(F)c2)cc1. The van der Waals surface area contributed by atoms with Gasteiger partial charge in [-0.15, -0.1) is 0 Å². The normalized spacial score (nSPS) is 10.9. The number of aliphatic imine (C=N–C) groups is 1. The first-order valence-electron chi connectivity index (χ1n) is 5.10. The monoisotopic (exact) mass is 213 g/mol. The van der Waals surface area contributed by atoms with Crippen LogP contribution in [0.25, 0.3) is 0 Å². The molecule has 0 N–H and O–H groups in total. The van der Waals surface area contributed by atoms with E-state index >= 15 is 0 Å². The number of hydrogen-bond donors (Lipinski definition) is 0. The summed E-state index contributed by atoms with van der Waals surface area (Å²) in [6, 6.07) is 14.2. The zero-order valence-corrected chi connectivity index (χ0v) is 9.02. The Hall–Kier alpha value is -1.96. The van der Waals surface area contributed by atoms with Gasteiger partial charge in [-0.3, -0.25) is 4.99 Å². The third-order valence-corrected chi connectivity index (χ3v) is 2.25. The zero-order valence-electron chi connectivity index (χ0n) is 9.02. The van der Waals surface area contributed by atoms with Crippen molar-refractivity contribution in [2.75, 3.05) is 0 Å². The Morgan fingerprint density at radius 1 is 1.06 bits per heavy atom. The molecule has 0 aliphatic rings. The Morgan fingerprint density at radius 2 is 1.81 bits per heavy atom. The molecular weight excluding hydrogens is 201 g/mol. The molecule has 0 spiro atoms. The van der Waals surface area contributed by atoms with E-state index in [1.807, 2.05) is 31.2 Å². The molecule has 0 aliphatic carbocycles. The van der Waals surface area contributed by atoms with Crippen molar-refractivity contribution < 1.29 is 4.39 Å². The second-order valence-corrected chi connectivity index (χ2v) is 3.65. The summed E-state index contributed by atoms with van der Waals surface area (Å²) < 4.78 is 12.9. The van der Waals surface area contributed by atoms with E-state index in [0.717, 1.165) is 5.56 Å². The third kappa shape index (κ3) is 2.76. The molecular formula is C14H12FN. The molecule has 0 aliphatic heterocycles. The van der Waals surface area contributed by atoms with Gasteiger partial charge in [-0.25, -0.2) is 4.39 Å². The van der Waals surface area contributed by atoms with Gasteiger partial charge in [0.2, 0.25) is 0 Å². The molecule has 2 aromatic rings. The van der Waals surface area contributed by atoms with Gasteiger partial charge in [-0.05, 0) is 30.7 Å². The fourth-order valence-electron chi connectivity index (χ4n) is 1.36. The van der Waals surface area contributed by atoms with E-state index in [1.165, 1.54) is 17.7 Å². The minimum Gasteiger partial charge on any atom is -0.256 e. The van der Waals surface area contributed by atoms with Crippen molar-refractivity contribution in [1.29, 1.82) is 0 Å². The van der Waals surface area contributed by atoms with Crippen LogP contribution in [0.5, 0.6) is 0 Å². The summed E-state index contributed by atoms with van der Waals surface area (Å²) in [7, 11) is 0. The smallest absolute Gasteiger partial charge is 0.125 e. The first-order chi connectivity index (χ1) is 7.74. The predicted octanol–water partition coefficient (Wildman–Crippen LogP) is 3.88. The Bertz CT molecular complexity index is 500. The van der Waals surface area contributed by atoms with Gasteiger partial charge in [0.1, 0.15) is 5.82 Å². The minimum atomic E-state index is -0.265. The van der Waals surface area contributed by atoms with Crippen LogP contribution in [-0.4, -0.2) is 6.21 Å². The van der Waals surface area contributed by atoms with Crippen LogP contribution in [0.2, 0.25) is 0 Å². The maximum Gasteiger partial charge on any atom is 0.125 e. The van der Waals surface area contributed by atoms with Crippen molar-refractivity contribution >= 4 is 11.9 Å². The fourth-order valence-corrected chi connectivity index (χ4v) is 1.36. The Labute approximate surface area is 94.3 Å². The van der Waals surface area contributed by atoms with Crippen LogP contribution < -0.4 is 0 Å². The Kier molecular flexibility index (Phi) is 3.10. The van der Waals surface area contributed by atoms with E-state index in [9.17, 15) is 4.39 Å². The van der Waals surface area contributed by atoms with Crippen LogP contribution in [-0.2, 0) is 0 Å². The number of nitrogens with zero attached hydrogens (tertiary/aromatic N) is 1. The van der Waals surface area contributed by atoms with Crippen molar-refractivity contribution in [2.24, 2.45) is 4.99 Å². The highest BCUT2D eigenvalue weighted by Crippen LogP contribution is 2.13. The molecule has 0 radical (unpaired) electrons. The van der Waals surface area contributed by atoms with Crippen LogP contribution in [0.1, 0.15) is 11.1 Å². The van der Waals surface area contributed by atoms with Crippen LogP contribution in [0.3, 0.4) is 0 Å². The molecule has 0 atom stereocenters. The van der Waals surface area contributed by atoms with E-state index in [0.29, 0.717) is 5.69 Å². The Morgan fingerprint density at radius 3 is 2.50 bits per heavy atom. The molecule has 0 bridgehead atoms. The molecule has 0 aromatic heterocycles. The molecule has 0 fully saturated rings. The van der Waals surface area contributed by atoms with E-state index in [2.05, 4.69) is 4.99 Å². The highest BCUT2D eigenvalue weighted by molar-refractivity contribution is 5.81. The average molecular weight is 213 g/mol. The van der Waals surface area contributed by atoms with Gasteiger partial charge in [0, 0.05) is 6.21 Å². The summed E-state index contributed by atoms with van der Waals surface area (Å²) in [6.07, 6.45) is 1.73. The summed E-state index contributed by atoms with van der Waals surface area (Å²) in [5.41, 5.74) is 2.85. The number of hydrogen-bond acceptors (Lipinski definition) is 1. The predicted molar refractivity (Wildman–Crippen MR) is 64.8 cm³/mol. The van der Waals surface area contributed by atoms with Gasteiger partial charge in [0.25, 0.3) is 0 Å². The number of halogens is 1. The summed E-state index contributed by atoms with van der Waals surface area (Å²) in [4.78, 5) is 4.20. The first kappa shape index (κ1) is 10.6. The molecule has 2 rings (SSSR count). The van der Waals surface area contributed by atoms with Crippen molar-refractivity contribution in [1.82, 2.24) is 0 Å². The molecule has 0 unspecified atom stereocenters. The van der Waals surface area contributed by atoms with Crippen LogP contribution in [0.15, 0.2) is 53.5 Å². The van der Waals surface area contributed by atoms with Gasteiger partial charge >= 0.3 is 0 Å². The molecule has 0 saturated heterocycles. The number of rotatable bonds is 2. The number of benzene rings is 2. The molecule has 1 nitrogen and oxygen atoms in total. The van der Waals surface area contributed by atoms with Gasteiger partial charge in [-0.2, -0.15) is 0 Å². The van der Waals surface area contributed by atoms with E-state index in [4.69, 9.17) is 0 Å². The second kappa shape index (κ2) is 4.71. The molecule has 2 aromatic carbocycles. The van der Waals surface area contributed by atoms with Gasteiger partial charge in [0.05, 0.1) is 5.69 Å². The Balaban J connectivity index is 2.18. The van der Waals surface area contributed by atoms with E-state index < -0.39 is 0 Å². The first-order valence-corrected chi connectivity index (χ1v) is 5.10. The molecule has 0 amide bonds. The summed E-state index contributed by atoms with van der Waals surface area (Å²) >= 11 is 0. The second-order valence-electron chi connectivity index (χ2n) is 3.65. The molecule has 2 heteroatoms. The summed E-state index contributed by atoms with van der Waals surface area (Å²) in [6.45, 7) is 2.04. The van der Waals surface area contributed by atoms with Crippen molar-refractivity contribution in [2.45, 2.75) is 6.92 Å². The van der Waals surface area contributed by atoms with Crippen LogP contribution in [0, 0.1) is 12.7 Å². The lowest BCUT2D eigenvalue weighted by molar-refractivity contribution is 0.628. The molecule has 0 saturated carbocycles. The largest absolute Gasteiger partial charge is 0.256 e. The fraction of sp³-hybridized carbons (Fsp3) is 0.0714. The summed E-state index contributed by atoms with van der Waals surface area (Å²) in [5.74, 6) is -0.265. The van der Waals surface area contributed by atoms with Crippen LogP contribution >= 0.6 is 0 Å². The topological polar surface area (TPSA) is 12.4 Å². The minimum absolute atomic E-state index is 0.265. The summed E-state index contributed by atoms with van der Waals surface area (Å²) in [5, 5.41) is 0. The highest BCUT2D eigenvalue weighted by Gasteiger charge is 1.91. The van der Waals surface area contributed by atoms with Crippen LogP contribution in [0.4, 0.5) is 10.1 Å². The van der Waals surface area contributed by atoms with Gasteiger partial charge < -0.3 is 0 Å². The lowest BCUT2D eigenvalue weighted by Crippen LogP contribution is -1.80. The van der Waals surface area contributed by atoms with Crippen molar-refractivity contribution in [3.63, 3.8) is 0 Å². The zero-order chi connectivity index (χ0) is 11.4. The quantitative estimate of drug-likeness (QED) is 0.671. The third-order valence-electron chi connectivity index (χ3n) is 2.25. The maximum atomic E-state index is 12.9. The van der Waals surface area contributed by atoms with Crippen molar-refractivity contribution in [3.05, 3.63) is 65.5 Å². The average Bonchev–Trinajstić information content (AvgIpc) is 2.28. The number of aryl methyl sites for hydroxylation is 1. The van der Waals surface area contributed by atoms with E-state index in [-0.39, 0.29) is 5.82 Å². The molecule has 16 heavy (non-hydrogen) atoms. The van der Waals surface area contributed by atoms with Gasteiger partial charge in [0.15, 0.2) is 0 Å². The highest BCUT2D eigenvalue weighted by atomic mass is 19.1. The molecule has 80 valence electrons. The lowest BCUT2D eigenvalue weighted by atomic mass is 10.2.